The van der Waals surface area contributed by atoms with Gasteiger partial charge in [0.25, 0.3) is 0 Å². The number of fused-ring (bicyclic) bond motifs is 2. The third-order valence-corrected chi connectivity index (χ3v) is 7.26. The summed E-state index contributed by atoms with van der Waals surface area (Å²) in [4.78, 5) is 31.6. The summed E-state index contributed by atoms with van der Waals surface area (Å²) in [5, 5.41) is 22.0. The summed E-state index contributed by atoms with van der Waals surface area (Å²) in [6.07, 6.45) is 0.735. The summed E-state index contributed by atoms with van der Waals surface area (Å²) in [7, 11) is 0. The number of nitriles is 1. The highest BCUT2D eigenvalue weighted by Gasteiger charge is 2.47. The molecule has 1 aromatic carbocycles. The number of hydrogen-bond donors (Lipinski definition) is 2. The lowest BCUT2D eigenvalue weighted by molar-refractivity contribution is -0.200. The number of benzene rings is 1. The van der Waals surface area contributed by atoms with Gasteiger partial charge >= 0.3 is 6.09 Å². The fourth-order valence-electron chi connectivity index (χ4n) is 5.41. The molecule has 0 saturated carbocycles. The molecule has 3 fully saturated rings. The Bertz CT molecular complexity index is 927. The van der Waals surface area contributed by atoms with Gasteiger partial charge in [-0.3, -0.25) is 14.6 Å². The van der Waals surface area contributed by atoms with Crippen LogP contribution in [-0.2, 0) is 9.53 Å². The Hall–Kier alpha value is -2.87. The molecular weight excluding hydrogens is 448 g/mol. The van der Waals surface area contributed by atoms with Crippen LogP contribution in [0.3, 0.4) is 0 Å². The average Bonchev–Trinajstić information content (AvgIpc) is 2.85. The number of carbonyl (C=O) groups excluding carboxylic acids is 1. The highest BCUT2D eigenvalue weighted by atomic mass is 16.5. The summed E-state index contributed by atoms with van der Waals surface area (Å²) in [6.45, 7) is 9.60. The monoisotopic (exact) mass is 484 g/mol. The van der Waals surface area contributed by atoms with Gasteiger partial charge in [0, 0.05) is 71.5 Å². The number of piperazine rings is 1. The normalized spacial score (nSPS) is 25.2. The van der Waals surface area contributed by atoms with Crippen molar-refractivity contribution in [3.05, 3.63) is 29.8 Å². The summed E-state index contributed by atoms with van der Waals surface area (Å²) >= 11 is 0. The first-order valence-electron chi connectivity index (χ1n) is 12.5. The molecular formula is C25H36N6O4. The second kappa shape index (κ2) is 11.2. The molecule has 35 heavy (non-hydrogen) atoms. The van der Waals surface area contributed by atoms with Gasteiger partial charge in [-0.25, -0.2) is 4.79 Å². The van der Waals surface area contributed by atoms with E-state index in [0.717, 1.165) is 77.4 Å². The van der Waals surface area contributed by atoms with Crippen LogP contribution in [-0.4, -0.2) is 120 Å². The van der Waals surface area contributed by atoms with Gasteiger partial charge in [-0.2, -0.15) is 5.26 Å². The molecule has 0 spiro atoms. The molecule has 10 heteroatoms. The number of anilines is 1. The largest absolute Gasteiger partial charge is 0.465 e. The SMILES string of the molecule is CC(=O)N1CCN(CCC23CN(CCCNc4ccc(C#N)cc4)CC(CN(C(=O)O)C2)O3)CC1. The van der Waals surface area contributed by atoms with E-state index >= 15 is 0 Å². The van der Waals surface area contributed by atoms with E-state index in [1.807, 2.05) is 29.2 Å². The van der Waals surface area contributed by atoms with E-state index in [4.69, 9.17) is 10.00 Å². The number of morpholine rings is 2. The van der Waals surface area contributed by atoms with Crippen LogP contribution in [0.1, 0.15) is 25.3 Å². The first-order valence-corrected chi connectivity index (χ1v) is 12.5. The van der Waals surface area contributed by atoms with E-state index in [-0.39, 0.29) is 12.0 Å². The van der Waals surface area contributed by atoms with Crippen molar-refractivity contribution in [2.24, 2.45) is 0 Å². The summed E-state index contributed by atoms with van der Waals surface area (Å²) in [5.41, 5.74) is 1.15. The summed E-state index contributed by atoms with van der Waals surface area (Å²) in [6, 6.07) is 9.59. The van der Waals surface area contributed by atoms with Crippen molar-refractivity contribution < 1.29 is 19.4 Å². The summed E-state index contributed by atoms with van der Waals surface area (Å²) < 4.78 is 6.49. The Kier molecular flexibility index (Phi) is 8.11. The fraction of sp³-hybridized carbons (Fsp3) is 0.640. The van der Waals surface area contributed by atoms with E-state index in [0.29, 0.717) is 18.7 Å². The number of nitrogens with one attached hydrogen (secondary N) is 1. The van der Waals surface area contributed by atoms with Gasteiger partial charge in [0.1, 0.15) is 5.60 Å². The third-order valence-electron chi connectivity index (χ3n) is 7.26. The van der Waals surface area contributed by atoms with Gasteiger partial charge in [0.05, 0.1) is 30.8 Å². The quantitative estimate of drug-likeness (QED) is 0.532. The lowest BCUT2D eigenvalue weighted by Crippen LogP contribution is -2.68. The number of rotatable bonds is 8. The molecule has 2 atom stereocenters. The molecule has 2 unspecified atom stereocenters. The van der Waals surface area contributed by atoms with Crippen molar-refractivity contribution in [2.75, 3.05) is 77.3 Å². The number of hydrogen-bond acceptors (Lipinski definition) is 7. The minimum absolute atomic E-state index is 0.116. The van der Waals surface area contributed by atoms with Gasteiger partial charge < -0.3 is 25.0 Å². The van der Waals surface area contributed by atoms with Crippen molar-refractivity contribution in [3.63, 3.8) is 0 Å². The van der Waals surface area contributed by atoms with Crippen LogP contribution in [0.15, 0.2) is 24.3 Å². The van der Waals surface area contributed by atoms with Gasteiger partial charge in [0.15, 0.2) is 0 Å². The standard InChI is InChI=1S/C25H36N6O4/c1-20(32)30-13-11-28(12-14-30)10-7-25-18-29(16-23(35-25)17-31(19-25)24(33)34)9-2-8-27-22-5-3-21(15-26)4-6-22/h3-6,23,27H,2,7-14,16-19H2,1H3,(H,33,34). The van der Waals surface area contributed by atoms with Gasteiger partial charge in [-0.1, -0.05) is 0 Å². The maximum Gasteiger partial charge on any atom is 0.407 e. The third kappa shape index (κ3) is 6.63. The summed E-state index contributed by atoms with van der Waals surface area (Å²) in [5.74, 6) is 0.121. The highest BCUT2D eigenvalue weighted by molar-refractivity contribution is 5.73. The number of carboxylic acid groups (broad SMARTS) is 1. The predicted octanol–water partition coefficient (Wildman–Crippen LogP) is 1.35. The van der Waals surface area contributed by atoms with Crippen LogP contribution >= 0.6 is 0 Å². The molecule has 2 bridgehead atoms. The first-order chi connectivity index (χ1) is 16.9. The van der Waals surface area contributed by atoms with Crippen molar-refractivity contribution in [1.29, 1.82) is 5.26 Å². The maximum atomic E-state index is 11.8. The Balaban J connectivity index is 1.29. The molecule has 0 aliphatic carbocycles. The van der Waals surface area contributed by atoms with E-state index in [1.165, 1.54) is 4.90 Å². The molecule has 3 aliphatic rings. The highest BCUT2D eigenvalue weighted by Crippen LogP contribution is 2.32. The van der Waals surface area contributed by atoms with Crippen LogP contribution in [0.25, 0.3) is 0 Å². The van der Waals surface area contributed by atoms with Crippen molar-refractivity contribution in [1.82, 2.24) is 19.6 Å². The topological polar surface area (TPSA) is 112 Å². The Morgan fingerprint density at radius 3 is 2.49 bits per heavy atom. The van der Waals surface area contributed by atoms with E-state index in [2.05, 4.69) is 21.2 Å². The maximum absolute atomic E-state index is 11.8. The van der Waals surface area contributed by atoms with Crippen LogP contribution in [0.2, 0.25) is 0 Å². The van der Waals surface area contributed by atoms with Gasteiger partial charge in [-0.05, 0) is 37.1 Å². The number of nitrogens with zero attached hydrogens (tertiary/aromatic N) is 5. The van der Waals surface area contributed by atoms with Crippen molar-refractivity contribution in [2.45, 2.75) is 31.5 Å². The second-order valence-corrected chi connectivity index (χ2v) is 9.89. The van der Waals surface area contributed by atoms with Crippen molar-refractivity contribution in [3.8, 4) is 6.07 Å². The molecule has 1 aromatic rings. The van der Waals surface area contributed by atoms with Crippen LogP contribution in [0.5, 0.6) is 0 Å². The first kappa shape index (κ1) is 25.2. The minimum atomic E-state index is -0.877. The zero-order valence-corrected chi connectivity index (χ0v) is 20.5. The molecule has 190 valence electrons. The molecule has 0 radical (unpaired) electrons. The molecule has 3 heterocycles. The van der Waals surface area contributed by atoms with E-state index in [1.54, 1.807) is 6.92 Å². The number of carbonyl (C=O) groups is 2. The van der Waals surface area contributed by atoms with Crippen LogP contribution in [0, 0.1) is 11.3 Å². The fourth-order valence-corrected chi connectivity index (χ4v) is 5.41. The van der Waals surface area contributed by atoms with Crippen molar-refractivity contribution >= 4 is 17.7 Å². The van der Waals surface area contributed by atoms with Gasteiger partial charge in [-0.15, -0.1) is 0 Å². The zero-order valence-electron chi connectivity index (χ0n) is 20.5. The van der Waals surface area contributed by atoms with Crippen LogP contribution in [0.4, 0.5) is 10.5 Å². The lowest BCUT2D eigenvalue weighted by Gasteiger charge is -2.53. The Labute approximate surface area is 207 Å². The van der Waals surface area contributed by atoms with Gasteiger partial charge in [0.2, 0.25) is 5.91 Å². The Morgan fingerprint density at radius 2 is 1.83 bits per heavy atom. The smallest absolute Gasteiger partial charge is 0.407 e. The lowest BCUT2D eigenvalue weighted by atomic mass is 9.91. The second-order valence-electron chi connectivity index (χ2n) is 9.89. The molecule has 3 saturated heterocycles. The number of amides is 2. The average molecular weight is 485 g/mol. The molecule has 2 N–H and O–H groups in total. The number of ether oxygens (including phenoxy) is 1. The van der Waals surface area contributed by atoms with Crippen LogP contribution < -0.4 is 5.32 Å². The predicted molar refractivity (Wildman–Crippen MR) is 131 cm³/mol. The Morgan fingerprint density at radius 1 is 1.09 bits per heavy atom. The molecule has 3 aliphatic heterocycles. The minimum Gasteiger partial charge on any atom is -0.465 e. The molecule has 0 aromatic heterocycles. The zero-order chi connectivity index (χ0) is 24.8. The van der Waals surface area contributed by atoms with E-state index < -0.39 is 11.7 Å². The van der Waals surface area contributed by atoms with E-state index in [9.17, 15) is 14.7 Å². The molecule has 2 amide bonds. The molecule has 4 rings (SSSR count). The molecule has 10 nitrogen and oxygen atoms in total.